The average Bonchev–Trinajstić information content (AvgIpc) is 2.97. The number of para-hydroxylation sites is 2. The van der Waals surface area contributed by atoms with E-state index < -0.39 is 0 Å². The van der Waals surface area contributed by atoms with Crippen LogP contribution in [0.5, 0.6) is 5.75 Å². The molecule has 148 valence electrons. The van der Waals surface area contributed by atoms with Crippen molar-refractivity contribution in [3.8, 4) is 5.75 Å². The lowest BCUT2D eigenvalue weighted by Gasteiger charge is -2.25. The fourth-order valence-electron chi connectivity index (χ4n) is 3.67. The monoisotopic (exact) mass is 380 g/mol. The molecule has 0 aromatic heterocycles. The summed E-state index contributed by atoms with van der Waals surface area (Å²) in [7, 11) is 1.57. The minimum Gasteiger partial charge on any atom is -0.496 e. The third-order valence-corrected chi connectivity index (χ3v) is 5.16. The number of nitrogens with one attached hydrogen (secondary N) is 1. The Bertz CT molecular complexity index is 839. The number of carbonyl (C=O) groups is 2. The minimum absolute atomic E-state index is 0.0316. The third kappa shape index (κ3) is 4.91. The number of nitrogens with zero attached hydrogens (tertiary/aromatic N) is 1. The van der Waals surface area contributed by atoms with E-state index in [9.17, 15) is 9.59 Å². The number of Topliss-reactive ketones (excluding diaryl/α,β-unsaturated/α-hetero) is 1. The van der Waals surface area contributed by atoms with Gasteiger partial charge in [0, 0.05) is 24.2 Å². The van der Waals surface area contributed by atoms with Crippen LogP contribution in [0.2, 0.25) is 0 Å². The minimum atomic E-state index is -0.124. The van der Waals surface area contributed by atoms with Crippen LogP contribution < -0.4 is 15.0 Å². The lowest BCUT2D eigenvalue weighted by molar-refractivity contribution is -0.115. The summed E-state index contributed by atoms with van der Waals surface area (Å²) < 4.78 is 5.36. The Hall–Kier alpha value is -2.82. The van der Waals surface area contributed by atoms with Crippen molar-refractivity contribution >= 4 is 23.1 Å². The number of hydrogen-bond donors (Lipinski definition) is 1. The summed E-state index contributed by atoms with van der Waals surface area (Å²) in [6.45, 7) is 3.55. The number of carbonyl (C=O) groups excluding carboxylic acids is 2. The van der Waals surface area contributed by atoms with E-state index >= 15 is 0 Å². The van der Waals surface area contributed by atoms with E-state index in [-0.39, 0.29) is 18.1 Å². The van der Waals surface area contributed by atoms with Gasteiger partial charge in [0.1, 0.15) is 5.75 Å². The molecule has 1 heterocycles. The summed E-state index contributed by atoms with van der Waals surface area (Å²) in [5.41, 5.74) is 3.19. The first-order valence-corrected chi connectivity index (χ1v) is 9.90. The molecule has 5 heteroatoms. The number of ketones is 1. The summed E-state index contributed by atoms with van der Waals surface area (Å²) >= 11 is 0. The van der Waals surface area contributed by atoms with E-state index in [2.05, 4.69) is 16.3 Å². The normalized spacial score (nSPS) is 14.3. The molecule has 1 aliphatic rings. The first-order valence-electron chi connectivity index (χ1n) is 9.90. The van der Waals surface area contributed by atoms with Crippen molar-refractivity contribution in [2.45, 2.75) is 39.0 Å². The van der Waals surface area contributed by atoms with E-state index in [1.165, 1.54) is 32.6 Å². The van der Waals surface area contributed by atoms with Crippen molar-refractivity contribution < 1.29 is 14.3 Å². The van der Waals surface area contributed by atoms with Gasteiger partial charge in [0.2, 0.25) is 5.91 Å². The number of benzene rings is 2. The maximum atomic E-state index is 12.8. The molecule has 1 saturated heterocycles. The van der Waals surface area contributed by atoms with E-state index in [1.807, 2.05) is 18.2 Å². The van der Waals surface area contributed by atoms with Crippen molar-refractivity contribution in [2.24, 2.45) is 0 Å². The Morgan fingerprint density at radius 2 is 1.75 bits per heavy atom. The van der Waals surface area contributed by atoms with Gasteiger partial charge < -0.3 is 15.0 Å². The first kappa shape index (κ1) is 19.9. The Morgan fingerprint density at radius 1 is 1.04 bits per heavy atom. The number of methoxy groups -OCH3 is 1. The fourth-order valence-corrected chi connectivity index (χ4v) is 3.67. The summed E-state index contributed by atoms with van der Waals surface area (Å²) in [5.74, 6) is 0.457. The van der Waals surface area contributed by atoms with E-state index in [1.54, 1.807) is 25.3 Å². The van der Waals surface area contributed by atoms with Gasteiger partial charge in [-0.25, -0.2) is 0 Å². The van der Waals surface area contributed by atoms with Crippen LogP contribution in [0.4, 0.5) is 11.4 Å². The van der Waals surface area contributed by atoms with Crippen LogP contribution in [-0.4, -0.2) is 31.9 Å². The first-order chi connectivity index (χ1) is 13.6. The van der Waals surface area contributed by atoms with Crippen LogP contribution in [0.15, 0.2) is 42.5 Å². The van der Waals surface area contributed by atoms with Gasteiger partial charge in [0.15, 0.2) is 5.78 Å². The highest BCUT2D eigenvalue weighted by Crippen LogP contribution is 2.28. The molecule has 0 unspecified atom stereocenters. The molecule has 0 radical (unpaired) electrons. The van der Waals surface area contributed by atoms with Gasteiger partial charge in [-0.05, 0) is 50.1 Å². The molecule has 0 aliphatic carbocycles. The summed E-state index contributed by atoms with van der Waals surface area (Å²) in [5, 5.41) is 3.06. The number of ether oxygens (including phenoxy) is 1. The van der Waals surface area contributed by atoms with Gasteiger partial charge in [0.05, 0.1) is 24.9 Å². The van der Waals surface area contributed by atoms with E-state index in [4.69, 9.17) is 4.74 Å². The summed E-state index contributed by atoms with van der Waals surface area (Å²) in [6, 6.07) is 13.2. The highest BCUT2D eigenvalue weighted by Gasteiger charge is 2.16. The zero-order valence-electron chi connectivity index (χ0n) is 16.7. The van der Waals surface area contributed by atoms with Crippen molar-refractivity contribution in [3.05, 3.63) is 53.6 Å². The lowest BCUT2D eigenvalue weighted by Crippen LogP contribution is -2.26. The van der Waals surface area contributed by atoms with Gasteiger partial charge in [-0.3, -0.25) is 9.59 Å². The van der Waals surface area contributed by atoms with Crippen LogP contribution in [0.1, 0.15) is 48.5 Å². The molecule has 0 atom stereocenters. The van der Waals surface area contributed by atoms with Crippen LogP contribution >= 0.6 is 0 Å². The number of amides is 1. The molecular weight excluding hydrogens is 352 g/mol. The quantitative estimate of drug-likeness (QED) is 0.752. The second-order valence-corrected chi connectivity index (χ2v) is 7.23. The number of hydrogen-bond acceptors (Lipinski definition) is 4. The van der Waals surface area contributed by atoms with Gasteiger partial charge in [-0.1, -0.05) is 25.0 Å². The highest BCUT2D eigenvalue weighted by molar-refractivity contribution is 5.97. The lowest BCUT2D eigenvalue weighted by atomic mass is 10.0. The predicted molar refractivity (Wildman–Crippen MR) is 112 cm³/mol. The van der Waals surface area contributed by atoms with E-state index in [0.717, 1.165) is 24.5 Å². The average molecular weight is 380 g/mol. The van der Waals surface area contributed by atoms with Crippen molar-refractivity contribution in [1.82, 2.24) is 0 Å². The predicted octanol–water partition coefficient (Wildman–Crippen LogP) is 4.46. The third-order valence-electron chi connectivity index (χ3n) is 5.16. The van der Waals surface area contributed by atoms with Crippen molar-refractivity contribution in [2.75, 3.05) is 30.4 Å². The van der Waals surface area contributed by atoms with Crippen LogP contribution in [0.25, 0.3) is 0 Å². The molecule has 0 bridgehead atoms. The zero-order chi connectivity index (χ0) is 19.9. The molecule has 5 nitrogen and oxygen atoms in total. The Morgan fingerprint density at radius 3 is 2.43 bits per heavy atom. The molecule has 1 aliphatic heterocycles. The molecule has 0 saturated carbocycles. The topological polar surface area (TPSA) is 58.6 Å². The zero-order valence-corrected chi connectivity index (χ0v) is 16.7. The van der Waals surface area contributed by atoms with Crippen molar-refractivity contribution in [3.63, 3.8) is 0 Å². The van der Waals surface area contributed by atoms with Gasteiger partial charge >= 0.3 is 0 Å². The molecule has 1 fully saturated rings. The maximum Gasteiger partial charge on any atom is 0.228 e. The van der Waals surface area contributed by atoms with Gasteiger partial charge in [0.25, 0.3) is 0 Å². The molecule has 1 amide bonds. The molecule has 2 aromatic rings. The molecule has 28 heavy (non-hydrogen) atoms. The van der Waals surface area contributed by atoms with Crippen LogP contribution in [0, 0.1) is 0 Å². The van der Waals surface area contributed by atoms with Crippen molar-refractivity contribution in [1.29, 1.82) is 0 Å². The molecular formula is C23H28N2O3. The summed E-state index contributed by atoms with van der Waals surface area (Å²) in [4.78, 5) is 26.8. The Kier molecular flexibility index (Phi) is 6.69. The number of rotatable bonds is 6. The Balaban J connectivity index is 1.77. The SMILES string of the molecule is COc1ccc(C(C)=O)cc1CC(=O)Nc1ccccc1N1CCCCCC1. The second-order valence-electron chi connectivity index (χ2n) is 7.23. The number of anilines is 2. The fraction of sp³-hybridized carbons (Fsp3) is 0.391. The highest BCUT2D eigenvalue weighted by atomic mass is 16.5. The smallest absolute Gasteiger partial charge is 0.228 e. The molecule has 2 aromatic carbocycles. The van der Waals surface area contributed by atoms with E-state index in [0.29, 0.717) is 16.9 Å². The maximum absolute atomic E-state index is 12.8. The largest absolute Gasteiger partial charge is 0.496 e. The summed E-state index contributed by atoms with van der Waals surface area (Å²) in [6.07, 6.45) is 5.03. The standard InChI is InChI=1S/C23H28N2O3/c1-17(26)18-11-12-22(28-2)19(15-18)16-23(27)24-20-9-5-6-10-21(20)25-13-7-3-4-8-14-25/h5-6,9-12,15H,3-4,7-8,13-14,16H2,1-2H3,(H,24,27). The van der Waals surface area contributed by atoms with Crippen LogP contribution in [0.3, 0.4) is 0 Å². The van der Waals surface area contributed by atoms with Gasteiger partial charge in [-0.2, -0.15) is 0 Å². The molecule has 0 spiro atoms. The second kappa shape index (κ2) is 9.40. The van der Waals surface area contributed by atoms with Gasteiger partial charge in [-0.15, -0.1) is 0 Å². The molecule has 3 rings (SSSR count). The Labute approximate surface area is 166 Å². The molecule has 1 N–H and O–H groups in total. The van der Waals surface area contributed by atoms with Crippen LogP contribution in [-0.2, 0) is 11.2 Å².